The standard InChI is InChI=1S/C16H14N2O3/c1-20-14-8-7-13(9-15(14)21-2)18-16(19)12-5-3-11(10-17)4-6-12/h3-9H,1-2H3,(H,18,19). The second-order valence-electron chi connectivity index (χ2n) is 4.21. The predicted octanol–water partition coefficient (Wildman–Crippen LogP) is 2.83. The summed E-state index contributed by atoms with van der Waals surface area (Å²) >= 11 is 0. The molecule has 0 aliphatic carbocycles. The number of carbonyl (C=O) groups excluding carboxylic acids is 1. The molecule has 0 saturated heterocycles. The topological polar surface area (TPSA) is 71.3 Å². The quantitative estimate of drug-likeness (QED) is 0.936. The summed E-state index contributed by atoms with van der Waals surface area (Å²) in [4.78, 5) is 12.1. The van der Waals surface area contributed by atoms with E-state index in [2.05, 4.69) is 5.32 Å². The van der Waals surface area contributed by atoms with Crippen LogP contribution in [0.3, 0.4) is 0 Å². The summed E-state index contributed by atoms with van der Waals surface area (Å²) in [5.74, 6) is 0.871. The van der Waals surface area contributed by atoms with Gasteiger partial charge in [-0.2, -0.15) is 5.26 Å². The number of anilines is 1. The van der Waals surface area contributed by atoms with E-state index in [-0.39, 0.29) is 5.91 Å². The first kappa shape index (κ1) is 14.4. The van der Waals surface area contributed by atoms with Crippen molar-refractivity contribution in [3.8, 4) is 17.6 Å². The van der Waals surface area contributed by atoms with Gasteiger partial charge >= 0.3 is 0 Å². The van der Waals surface area contributed by atoms with Crippen molar-refractivity contribution in [1.29, 1.82) is 5.26 Å². The monoisotopic (exact) mass is 282 g/mol. The molecule has 21 heavy (non-hydrogen) atoms. The Kier molecular flexibility index (Phi) is 4.42. The van der Waals surface area contributed by atoms with Crippen molar-refractivity contribution in [3.05, 3.63) is 53.6 Å². The molecule has 2 aromatic rings. The van der Waals surface area contributed by atoms with Crippen molar-refractivity contribution < 1.29 is 14.3 Å². The van der Waals surface area contributed by atoms with Gasteiger partial charge in [0.25, 0.3) is 5.91 Å². The number of amides is 1. The number of carbonyl (C=O) groups is 1. The lowest BCUT2D eigenvalue weighted by atomic mass is 10.1. The van der Waals surface area contributed by atoms with Crippen LogP contribution < -0.4 is 14.8 Å². The molecule has 0 heterocycles. The molecule has 106 valence electrons. The molecule has 0 aliphatic heterocycles. The van der Waals surface area contributed by atoms with E-state index in [0.29, 0.717) is 28.3 Å². The van der Waals surface area contributed by atoms with Crippen LogP contribution in [0.4, 0.5) is 5.69 Å². The van der Waals surface area contributed by atoms with Crippen molar-refractivity contribution in [2.45, 2.75) is 0 Å². The highest BCUT2D eigenvalue weighted by atomic mass is 16.5. The van der Waals surface area contributed by atoms with Crippen LogP contribution in [0.5, 0.6) is 11.5 Å². The highest BCUT2D eigenvalue weighted by molar-refractivity contribution is 6.04. The van der Waals surface area contributed by atoms with Crippen LogP contribution in [-0.2, 0) is 0 Å². The lowest BCUT2D eigenvalue weighted by Crippen LogP contribution is -2.11. The molecule has 5 nitrogen and oxygen atoms in total. The number of methoxy groups -OCH3 is 2. The maximum absolute atomic E-state index is 12.1. The number of nitrogens with one attached hydrogen (secondary N) is 1. The van der Waals surface area contributed by atoms with Crippen LogP contribution in [0.2, 0.25) is 0 Å². The molecule has 0 aliphatic rings. The van der Waals surface area contributed by atoms with Crippen LogP contribution in [0.15, 0.2) is 42.5 Å². The molecule has 1 N–H and O–H groups in total. The second-order valence-corrected chi connectivity index (χ2v) is 4.21. The van der Waals surface area contributed by atoms with Crippen LogP contribution >= 0.6 is 0 Å². The van der Waals surface area contributed by atoms with Gasteiger partial charge in [0.1, 0.15) is 0 Å². The first-order valence-corrected chi connectivity index (χ1v) is 6.21. The second kappa shape index (κ2) is 6.44. The molecule has 0 aromatic heterocycles. The molecule has 2 rings (SSSR count). The minimum Gasteiger partial charge on any atom is -0.493 e. The number of rotatable bonds is 4. The molecular formula is C16H14N2O3. The molecule has 0 fully saturated rings. The zero-order valence-electron chi connectivity index (χ0n) is 11.7. The Bertz CT molecular complexity index is 688. The van der Waals surface area contributed by atoms with Crippen LogP contribution in [-0.4, -0.2) is 20.1 Å². The van der Waals surface area contributed by atoms with Crippen LogP contribution in [0.1, 0.15) is 15.9 Å². The molecule has 5 heteroatoms. The number of nitriles is 1. The average molecular weight is 282 g/mol. The van der Waals surface area contributed by atoms with Gasteiger partial charge in [-0.1, -0.05) is 0 Å². The van der Waals surface area contributed by atoms with Crippen molar-refractivity contribution in [3.63, 3.8) is 0 Å². The molecule has 0 saturated carbocycles. The van der Waals surface area contributed by atoms with E-state index >= 15 is 0 Å². The van der Waals surface area contributed by atoms with Gasteiger partial charge in [0.2, 0.25) is 0 Å². The van der Waals surface area contributed by atoms with Crippen molar-refractivity contribution in [2.75, 3.05) is 19.5 Å². The predicted molar refractivity (Wildman–Crippen MR) is 78.7 cm³/mol. The van der Waals surface area contributed by atoms with E-state index < -0.39 is 0 Å². The van der Waals surface area contributed by atoms with Gasteiger partial charge in [-0.3, -0.25) is 4.79 Å². The van der Waals surface area contributed by atoms with Gasteiger partial charge in [-0.05, 0) is 36.4 Å². The fourth-order valence-corrected chi connectivity index (χ4v) is 1.81. The van der Waals surface area contributed by atoms with E-state index in [1.54, 1.807) is 49.6 Å². The van der Waals surface area contributed by atoms with Gasteiger partial charge in [0.15, 0.2) is 11.5 Å². The zero-order chi connectivity index (χ0) is 15.2. The summed E-state index contributed by atoms with van der Waals surface area (Å²) in [6, 6.07) is 13.5. The smallest absolute Gasteiger partial charge is 0.255 e. The Hall–Kier alpha value is -3.00. The number of hydrogen-bond donors (Lipinski definition) is 1. The summed E-state index contributed by atoms with van der Waals surface area (Å²) in [6.07, 6.45) is 0. The van der Waals surface area contributed by atoms with E-state index in [9.17, 15) is 4.79 Å². The highest BCUT2D eigenvalue weighted by Gasteiger charge is 2.09. The summed E-state index contributed by atoms with van der Waals surface area (Å²) in [5.41, 5.74) is 1.59. The Morgan fingerprint density at radius 3 is 2.29 bits per heavy atom. The third-order valence-electron chi connectivity index (χ3n) is 2.92. The Morgan fingerprint density at radius 1 is 1.05 bits per heavy atom. The lowest BCUT2D eigenvalue weighted by molar-refractivity contribution is 0.102. The fraction of sp³-hybridized carbons (Fsp3) is 0.125. The van der Waals surface area contributed by atoms with Gasteiger partial charge in [0, 0.05) is 17.3 Å². The molecule has 0 atom stereocenters. The van der Waals surface area contributed by atoms with Gasteiger partial charge < -0.3 is 14.8 Å². The van der Waals surface area contributed by atoms with Crippen LogP contribution in [0, 0.1) is 11.3 Å². The molecule has 0 bridgehead atoms. The van der Waals surface area contributed by atoms with Crippen molar-refractivity contribution in [2.24, 2.45) is 0 Å². The SMILES string of the molecule is COc1ccc(NC(=O)c2ccc(C#N)cc2)cc1OC. The summed E-state index contributed by atoms with van der Waals surface area (Å²) < 4.78 is 10.3. The number of nitrogens with zero attached hydrogens (tertiary/aromatic N) is 1. The van der Waals surface area contributed by atoms with Gasteiger partial charge in [-0.15, -0.1) is 0 Å². The fourth-order valence-electron chi connectivity index (χ4n) is 1.81. The molecular weight excluding hydrogens is 268 g/mol. The third-order valence-corrected chi connectivity index (χ3v) is 2.92. The molecule has 0 unspecified atom stereocenters. The molecule has 0 radical (unpaired) electrons. The molecule has 1 amide bonds. The van der Waals surface area contributed by atoms with E-state index in [4.69, 9.17) is 14.7 Å². The number of ether oxygens (including phenoxy) is 2. The first-order chi connectivity index (χ1) is 10.2. The lowest BCUT2D eigenvalue weighted by Gasteiger charge is -2.10. The van der Waals surface area contributed by atoms with E-state index in [0.717, 1.165) is 0 Å². The van der Waals surface area contributed by atoms with E-state index in [1.165, 1.54) is 7.11 Å². The maximum Gasteiger partial charge on any atom is 0.255 e. The Labute approximate surface area is 122 Å². The van der Waals surface area contributed by atoms with Crippen molar-refractivity contribution in [1.82, 2.24) is 0 Å². The largest absolute Gasteiger partial charge is 0.493 e. The van der Waals surface area contributed by atoms with Gasteiger partial charge in [0.05, 0.1) is 25.9 Å². The Morgan fingerprint density at radius 2 is 1.71 bits per heavy atom. The summed E-state index contributed by atoms with van der Waals surface area (Å²) in [5, 5.41) is 11.5. The highest BCUT2D eigenvalue weighted by Crippen LogP contribution is 2.29. The minimum atomic E-state index is -0.258. The normalized spacial score (nSPS) is 9.57. The summed E-state index contributed by atoms with van der Waals surface area (Å²) in [6.45, 7) is 0. The summed E-state index contributed by atoms with van der Waals surface area (Å²) in [7, 11) is 3.08. The molecule has 0 spiro atoms. The van der Waals surface area contributed by atoms with E-state index in [1.807, 2.05) is 6.07 Å². The molecule has 2 aromatic carbocycles. The minimum absolute atomic E-state index is 0.258. The third kappa shape index (κ3) is 3.31. The Balaban J connectivity index is 2.17. The van der Waals surface area contributed by atoms with Crippen molar-refractivity contribution >= 4 is 11.6 Å². The first-order valence-electron chi connectivity index (χ1n) is 6.21. The maximum atomic E-state index is 12.1. The van der Waals surface area contributed by atoms with Gasteiger partial charge in [-0.25, -0.2) is 0 Å². The zero-order valence-corrected chi connectivity index (χ0v) is 11.7. The number of hydrogen-bond acceptors (Lipinski definition) is 4. The average Bonchev–Trinajstić information content (AvgIpc) is 2.54. The number of benzene rings is 2. The van der Waals surface area contributed by atoms with Crippen LogP contribution in [0.25, 0.3) is 0 Å².